The number of benzene rings is 1. The van der Waals surface area contributed by atoms with E-state index in [4.69, 9.17) is 17.3 Å². The number of rotatable bonds is 8. The highest BCUT2D eigenvalue weighted by Gasteiger charge is 2.45. The summed E-state index contributed by atoms with van der Waals surface area (Å²) in [6.07, 6.45) is 1.07. The van der Waals surface area contributed by atoms with Crippen molar-refractivity contribution in [3.63, 3.8) is 0 Å². The maximum atomic E-state index is 13.2. The fourth-order valence-electron chi connectivity index (χ4n) is 6.83. The average Bonchev–Trinajstić information content (AvgIpc) is 3.58. The summed E-state index contributed by atoms with van der Waals surface area (Å²) >= 11 is 5.86. The van der Waals surface area contributed by atoms with Gasteiger partial charge in [-0.2, -0.15) is 13.2 Å². The molecule has 0 aliphatic heterocycles. The normalized spacial score (nSPS) is 26.6. The lowest BCUT2D eigenvalue weighted by molar-refractivity contribution is -0.137. The van der Waals surface area contributed by atoms with Crippen molar-refractivity contribution in [2.45, 2.75) is 82.5 Å². The van der Waals surface area contributed by atoms with Crippen LogP contribution in [0.5, 0.6) is 0 Å². The summed E-state index contributed by atoms with van der Waals surface area (Å²) in [4.78, 5) is 18.3. The van der Waals surface area contributed by atoms with Gasteiger partial charge in [0.15, 0.2) is 0 Å². The Morgan fingerprint density at radius 3 is 2.64 bits per heavy atom. The van der Waals surface area contributed by atoms with Gasteiger partial charge in [0, 0.05) is 37.2 Å². The number of H-pyrrole nitrogens is 1. The van der Waals surface area contributed by atoms with Crippen LogP contribution in [-0.4, -0.2) is 70.5 Å². The number of nitrogens with one attached hydrogen (secondary N) is 1. The van der Waals surface area contributed by atoms with Crippen LogP contribution in [-0.2, 0) is 12.6 Å². The third-order valence-corrected chi connectivity index (χ3v) is 9.48. The Balaban J connectivity index is 1.06. The Kier molecular flexibility index (Phi) is 7.61. The molecule has 2 fully saturated rings. The number of alkyl halides is 3. The molecule has 6 rings (SSSR count). The topological polar surface area (TPSA) is 129 Å². The van der Waals surface area contributed by atoms with Gasteiger partial charge in [0.05, 0.1) is 39.2 Å². The minimum absolute atomic E-state index is 0.105. The molecule has 5 N–H and O–H groups in total. The van der Waals surface area contributed by atoms with E-state index in [0.717, 1.165) is 30.7 Å². The molecule has 0 spiro atoms. The summed E-state index contributed by atoms with van der Waals surface area (Å²) in [5.74, 6) is 1.41. The highest BCUT2D eigenvalue weighted by molar-refractivity contribution is 6.32. The standard InChI is InChI=1S/C29H35ClF3N7O2/c1-14(2)40(12-16-9-23(26(42)25(16)41)39-6-5-18-27(34)35-13-36-28(18)39)17-7-15(8-17)3-4-24-37-21-10-19(29(31,32)33)20(30)11-22(21)38-24/h5-6,10-11,13-17,23,25-26,41-42H,3-4,7-9,12H2,1-2H3,(H,37,38)(H2,34,35,36)/t15?,16-,17?,23-,25-,26+/m1/s1. The van der Waals surface area contributed by atoms with E-state index < -0.39 is 23.9 Å². The number of halogens is 4. The van der Waals surface area contributed by atoms with Crippen LogP contribution in [0.3, 0.4) is 0 Å². The second kappa shape index (κ2) is 11.0. The molecule has 0 radical (unpaired) electrons. The summed E-state index contributed by atoms with van der Waals surface area (Å²) in [6, 6.07) is 4.44. The summed E-state index contributed by atoms with van der Waals surface area (Å²) < 4.78 is 41.5. The second-order valence-corrected chi connectivity index (χ2v) is 12.5. The van der Waals surface area contributed by atoms with Crippen molar-refractivity contribution in [2.75, 3.05) is 12.3 Å². The van der Waals surface area contributed by atoms with Gasteiger partial charge in [0.25, 0.3) is 0 Å². The molecular formula is C29H35ClF3N7O2. The van der Waals surface area contributed by atoms with E-state index in [1.54, 1.807) is 0 Å². The fraction of sp³-hybridized carbons (Fsp3) is 0.552. The van der Waals surface area contributed by atoms with E-state index in [1.807, 2.05) is 16.8 Å². The lowest BCUT2D eigenvalue weighted by Crippen LogP contribution is -2.51. The predicted molar refractivity (Wildman–Crippen MR) is 154 cm³/mol. The molecule has 0 bridgehead atoms. The Hall–Kier alpha value is -2.93. The zero-order valence-electron chi connectivity index (χ0n) is 23.4. The second-order valence-electron chi connectivity index (χ2n) is 12.1. The first-order valence-electron chi connectivity index (χ1n) is 14.3. The molecule has 0 saturated heterocycles. The number of aliphatic hydroxyl groups excluding tert-OH is 2. The summed E-state index contributed by atoms with van der Waals surface area (Å²) in [5.41, 5.74) is 6.52. The van der Waals surface area contributed by atoms with Crippen molar-refractivity contribution in [1.29, 1.82) is 0 Å². The van der Waals surface area contributed by atoms with Gasteiger partial charge in [-0.05, 0) is 63.6 Å². The van der Waals surface area contributed by atoms with Crippen molar-refractivity contribution in [2.24, 2.45) is 11.8 Å². The molecule has 3 aromatic heterocycles. The van der Waals surface area contributed by atoms with Crippen molar-refractivity contribution >= 4 is 39.5 Å². The van der Waals surface area contributed by atoms with Crippen molar-refractivity contribution in [3.05, 3.63) is 47.1 Å². The van der Waals surface area contributed by atoms with E-state index in [-0.39, 0.29) is 28.5 Å². The van der Waals surface area contributed by atoms with Crippen LogP contribution in [0.1, 0.15) is 57.0 Å². The van der Waals surface area contributed by atoms with Gasteiger partial charge in [0.2, 0.25) is 0 Å². The van der Waals surface area contributed by atoms with Gasteiger partial charge in [-0.15, -0.1) is 0 Å². The number of nitrogens with zero attached hydrogens (tertiary/aromatic N) is 5. The van der Waals surface area contributed by atoms with Crippen LogP contribution in [0.2, 0.25) is 5.02 Å². The minimum atomic E-state index is -4.53. The molecule has 226 valence electrons. The Morgan fingerprint density at radius 1 is 1.17 bits per heavy atom. The fourth-order valence-corrected chi connectivity index (χ4v) is 7.10. The number of nitrogens with two attached hydrogens (primary N) is 1. The SMILES string of the molecule is CC(C)N(C[C@H]1C[C@@H](n2ccc3c(N)ncnc32)[C@H](O)[C@@H]1O)C1CC(CCc2nc3cc(C(F)(F)F)c(Cl)cc3[nH]2)C1. The average molecular weight is 606 g/mol. The van der Waals surface area contributed by atoms with Gasteiger partial charge in [-0.3, -0.25) is 4.90 Å². The molecule has 3 heterocycles. The van der Waals surface area contributed by atoms with Gasteiger partial charge in [0.1, 0.15) is 29.7 Å². The number of nitrogen functional groups attached to an aromatic ring is 1. The summed E-state index contributed by atoms with van der Waals surface area (Å²) in [7, 11) is 0. The molecule has 2 aliphatic carbocycles. The van der Waals surface area contributed by atoms with Crippen LogP contribution < -0.4 is 5.73 Å². The molecule has 4 aromatic rings. The van der Waals surface area contributed by atoms with E-state index >= 15 is 0 Å². The number of aromatic nitrogens is 5. The van der Waals surface area contributed by atoms with Crippen LogP contribution in [0.4, 0.5) is 19.0 Å². The maximum Gasteiger partial charge on any atom is 0.417 e. The quantitative estimate of drug-likeness (QED) is 0.223. The molecule has 2 saturated carbocycles. The molecule has 0 unspecified atom stereocenters. The Labute approximate surface area is 245 Å². The molecule has 9 nitrogen and oxygen atoms in total. The molecule has 2 aliphatic rings. The van der Waals surface area contributed by atoms with E-state index in [9.17, 15) is 23.4 Å². The van der Waals surface area contributed by atoms with E-state index in [2.05, 4.69) is 38.7 Å². The third kappa shape index (κ3) is 5.34. The number of aromatic amines is 1. The van der Waals surface area contributed by atoms with Crippen LogP contribution in [0.15, 0.2) is 30.7 Å². The van der Waals surface area contributed by atoms with Gasteiger partial charge >= 0.3 is 6.18 Å². The first kappa shape index (κ1) is 29.2. The number of fused-ring (bicyclic) bond motifs is 2. The first-order valence-corrected chi connectivity index (χ1v) is 14.7. The van der Waals surface area contributed by atoms with Crippen LogP contribution >= 0.6 is 11.6 Å². The molecule has 13 heteroatoms. The highest BCUT2D eigenvalue weighted by Crippen LogP contribution is 2.42. The lowest BCUT2D eigenvalue weighted by atomic mass is 9.76. The van der Waals surface area contributed by atoms with Crippen molar-refractivity contribution in [1.82, 2.24) is 29.4 Å². The van der Waals surface area contributed by atoms with E-state index in [1.165, 1.54) is 12.4 Å². The summed E-state index contributed by atoms with van der Waals surface area (Å²) in [5, 5.41) is 22.4. The largest absolute Gasteiger partial charge is 0.417 e. The number of imidazole rings is 1. The van der Waals surface area contributed by atoms with Crippen molar-refractivity contribution in [3.8, 4) is 0 Å². The molecule has 0 amide bonds. The number of aryl methyl sites for hydroxylation is 1. The Bertz CT molecular complexity index is 1580. The Morgan fingerprint density at radius 2 is 1.93 bits per heavy atom. The predicted octanol–water partition coefficient (Wildman–Crippen LogP) is 4.97. The third-order valence-electron chi connectivity index (χ3n) is 9.17. The van der Waals surface area contributed by atoms with Crippen LogP contribution in [0, 0.1) is 11.8 Å². The molecule has 1 aromatic carbocycles. The number of hydrogen-bond acceptors (Lipinski definition) is 7. The highest BCUT2D eigenvalue weighted by atomic mass is 35.5. The zero-order chi connectivity index (χ0) is 29.9. The monoisotopic (exact) mass is 605 g/mol. The smallest absolute Gasteiger partial charge is 0.390 e. The van der Waals surface area contributed by atoms with Gasteiger partial charge < -0.3 is 25.5 Å². The maximum absolute atomic E-state index is 13.2. The molecular weight excluding hydrogens is 571 g/mol. The van der Waals surface area contributed by atoms with E-state index in [0.29, 0.717) is 54.2 Å². The number of aliphatic hydroxyl groups is 2. The lowest BCUT2D eigenvalue weighted by Gasteiger charge is -2.46. The number of anilines is 1. The van der Waals surface area contributed by atoms with Gasteiger partial charge in [-0.1, -0.05) is 11.6 Å². The first-order chi connectivity index (χ1) is 19.9. The zero-order valence-corrected chi connectivity index (χ0v) is 24.1. The summed E-state index contributed by atoms with van der Waals surface area (Å²) in [6.45, 7) is 4.97. The minimum Gasteiger partial charge on any atom is -0.390 e. The van der Waals surface area contributed by atoms with Crippen LogP contribution in [0.25, 0.3) is 22.1 Å². The van der Waals surface area contributed by atoms with Crippen molar-refractivity contribution < 1.29 is 23.4 Å². The van der Waals surface area contributed by atoms with Gasteiger partial charge in [-0.25, -0.2) is 15.0 Å². The molecule has 42 heavy (non-hydrogen) atoms. The molecule has 4 atom stereocenters. The number of hydrogen-bond donors (Lipinski definition) is 4.